The molecular weight excluding hydrogens is 216 g/mol. The van der Waals surface area contributed by atoms with Crippen LogP contribution in [0.15, 0.2) is 35.3 Å². The van der Waals surface area contributed by atoms with E-state index in [1.807, 2.05) is 18.2 Å². The Bertz CT molecular complexity index is 415. The van der Waals surface area contributed by atoms with Gasteiger partial charge in [-0.05, 0) is 12.0 Å². The Morgan fingerprint density at radius 2 is 2.24 bits per heavy atom. The molecule has 0 saturated carbocycles. The van der Waals surface area contributed by atoms with Crippen molar-refractivity contribution in [2.45, 2.75) is 19.4 Å². The third kappa shape index (κ3) is 3.59. The lowest BCUT2D eigenvalue weighted by Crippen LogP contribution is -2.27. The van der Waals surface area contributed by atoms with Crippen LogP contribution < -0.4 is 5.32 Å². The summed E-state index contributed by atoms with van der Waals surface area (Å²) in [6.45, 7) is 2.47. The van der Waals surface area contributed by atoms with Crippen molar-refractivity contribution in [1.29, 1.82) is 0 Å². The summed E-state index contributed by atoms with van der Waals surface area (Å²) >= 11 is 0. The Hall–Kier alpha value is -1.84. The highest BCUT2D eigenvalue weighted by molar-refractivity contribution is 5.84. The minimum Gasteiger partial charge on any atom is -0.477 e. The molecule has 0 radical (unpaired) electrons. The van der Waals surface area contributed by atoms with Gasteiger partial charge in [0.1, 0.15) is 6.61 Å². The fourth-order valence-corrected chi connectivity index (χ4v) is 1.76. The van der Waals surface area contributed by atoms with Gasteiger partial charge in [0.2, 0.25) is 11.8 Å². The molecule has 1 aromatic rings. The number of ether oxygens (including phenoxy) is 1. The van der Waals surface area contributed by atoms with Crippen molar-refractivity contribution in [3.05, 3.63) is 35.9 Å². The minimum absolute atomic E-state index is 0.0668. The number of hydrogen-bond donors (Lipinski definition) is 1. The van der Waals surface area contributed by atoms with Crippen molar-refractivity contribution in [2.75, 3.05) is 13.2 Å². The number of aliphatic imine (C=N–C) groups is 1. The lowest BCUT2D eigenvalue weighted by Gasteiger charge is -2.04. The maximum absolute atomic E-state index is 10.8. The van der Waals surface area contributed by atoms with Crippen LogP contribution in [0.4, 0.5) is 0 Å². The van der Waals surface area contributed by atoms with Gasteiger partial charge in [-0.3, -0.25) is 4.79 Å². The number of carbonyl (C=O) groups excluding carboxylic acids is 1. The first kappa shape index (κ1) is 11.6. The summed E-state index contributed by atoms with van der Waals surface area (Å²) in [6.07, 6.45) is 0.879. The van der Waals surface area contributed by atoms with Gasteiger partial charge in [0, 0.05) is 6.92 Å². The van der Waals surface area contributed by atoms with Crippen LogP contribution >= 0.6 is 0 Å². The van der Waals surface area contributed by atoms with E-state index >= 15 is 0 Å². The number of rotatable bonds is 4. The van der Waals surface area contributed by atoms with Crippen LogP contribution in [0, 0.1) is 0 Å². The molecule has 1 aliphatic heterocycles. The van der Waals surface area contributed by atoms with Gasteiger partial charge in [-0.2, -0.15) is 0 Å². The molecule has 1 heterocycles. The largest absolute Gasteiger partial charge is 0.477 e. The first-order chi connectivity index (χ1) is 8.24. The van der Waals surface area contributed by atoms with Crippen molar-refractivity contribution in [3.8, 4) is 0 Å². The van der Waals surface area contributed by atoms with E-state index in [0.29, 0.717) is 19.0 Å². The van der Waals surface area contributed by atoms with E-state index < -0.39 is 0 Å². The average molecular weight is 232 g/mol. The second kappa shape index (κ2) is 5.48. The summed E-state index contributed by atoms with van der Waals surface area (Å²) in [5, 5.41) is 2.68. The summed E-state index contributed by atoms with van der Waals surface area (Å²) in [7, 11) is 0. The van der Waals surface area contributed by atoms with E-state index in [2.05, 4.69) is 22.4 Å². The zero-order valence-electron chi connectivity index (χ0n) is 9.85. The minimum atomic E-state index is -0.0668. The SMILES string of the molecule is CC(=O)NCC1=N[C@@H](Cc2ccccc2)CO1. The average Bonchev–Trinajstić information content (AvgIpc) is 2.75. The van der Waals surface area contributed by atoms with Gasteiger partial charge in [-0.15, -0.1) is 0 Å². The molecule has 0 bridgehead atoms. The molecule has 1 aliphatic rings. The Balaban J connectivity index is 1.86. The molecule has 0 fully saturated rings. The Morgan fingerprint density at radius 3 is 2.94 bits per heavy atom. The molecule has 1 atom stereocenters. The van der Waals surface area contributed by atoms with Crippen molar-refractivity contribution in [2.24, 2.45) is 4.99 Å². The normalized spacial score (nSPS) is 18.4. The molecule has 0 saturated heterocycles. The Kier molecular flexibility index (Phi) is 3.75. The second-order valence-electron chi connectivity index (χ2n) is 4.09. The second-order valence-corrected chi connectivity index (χ2v) is 4.09. The van der Waals surface area contributed by atoms with E-state index in [0.717, 1.165) is 6.42 Å². The monoisotopic (exact) mass is 232 g/mol. The zero-order valence-corrected chi connectivity index (χ0v) is 9.85. The highest BCUT2D eigenvalue weighted by atomic mass is 16.5. The van der Waals surface area contributed by atoms with E-state index in [9.17, 15) is 4.79 Å². The van der Waals surface area contributed by atoms with Crippen molar-refractivity contribution in [1.82, 2.24) is 5.32 Å². The molecular formula is C13H16N2O2. The molecule has 17 heavy (non-hydrogen) atoms. The van der Waals surface area contributed by atoms with Crippen LogP contribution in [0.1, 0.15) is 12.5 Å². The number of nitrogens with zero attached hydrogens (tertiary/aromatic N) is 1. The van der Waals surface area contributed by atoms with E-state index in [1.165, 1.54) is 12.5 Å². The lowest BCUT2D eigenvalue weighted by molar-refractivity contribution is -0.118. The number of nitrogens with one attached hydrogen (secondary N) is 1. The summed E-state index contributed by atoms with van der Waals surface area (Å²) in [6, 6.07) is 10.4. The topological polar surface area (TPSA) is 50.7 Å². The van der Waals surface area contributed by atoms with Crippen LogP contribution in [-0.2, 0) is 16.0 Å². The predicted octanol–water partition coefficient (Wildman–Crippen LogP) is 1.16. The third-order valence-corrected chi connectivity index (χ3v) is 2.57. The number of hydrogen-bond acceptors (Lipinski definition) is 3. The van der Waals surface area contributed by atoms with Gasteiger partial charge < -0.3 is 10.1 Å². The molecule has 0 spiro atoms. The number of carbonyl (C=O) groups is 1. The predicted molar refractivity (Wildman–Crippen MR) is 66.0 cm³/mol. The fourth-order valence-electron chi connectivity index (χ4n) is 1.76. The zero-order chi connectivity index (χ0) is 12.1. The fraction of sp³-hybridized carbons (Fsp3) is 0.385. The van der Waals surface area contributed by atoms with Crippen LogP contribution in [0.5, 0.6) is 0 Å². The van der Waals surface area contributed by atoms with Crippen molar-refractivity contribution >= 4 is 11.8 Å². The third-order valence-electron chi connectivity index (χ3n) is 2.57. The van der Waals surface area contributed by atoms with Gasteiger partial charge in [0.15, 0.2) is 0 Å². The Labute approximate surface area is 101 Å². The van der Waals surface area contributed by atoms with Crippen LogP contribution in [-0.4, -0.2) is 31.0 Å². The van der Waals surface area contributed by atoms with Crippen LogP contribution in [0.25, 0.3) is 0 Å². The molecule has 1 aromatic carbocycles. The van der Waals surface area contributed by atoms with E-state index in [-0.39, 0.29) is 11.9 Å². The van der Waals surface area contributed by atoms with Gasteiger partial charge in [-0.25, -0.2) is 4.99 Å². The molecule has 90 valence electrons. The summed E-state index contributed by atoms with van der Waals surface area (Å²) in [5.41, 5.74) is 1.26. The maximum atomic E-state index is 10.8. The molecule has 1 amide bonds. The number of amides is 1. The highest BCUT2D eigenvalue weighted by Crippen LogP contribution is 2.11. The molecule has 1 N–H and O–H groups in total. The van der Waals surface area contributed by atoms with Crippen LogP contribution in [0.2, 0.25) is 0 Å². The molecule has 4 heteroatoms. The highest BCUT2D eigenvalue weighted by Gasteiger charge is 2.18. The number of benzene rings is 1. The van der Waals surface area contributed by atoms with Crippen molar-refractivity contribution < 1.29 is 9.53 Å². The molecule has 2 rings (SSSR count). The van der Waals surface area contributed by atoms with Gasteiger partial charge in [0.05, 0.1) is 12.6 Å². The van der Waals surface area contributed by atoms with E-state index in [4.69, 9.17) is 4.74 Å². The van der Waals surface area contributed by atoms with Crippen LogP contribution in [0.3, 0.4) is 0 Å². The molecule has 0 aliphatic carbocycles. The Morgan fingerprint density at radius 1 is 1.47 bits per heavy atom. The lowest BCUT2D eigenvalue weighted by atomic mass is 10.1. The van der Waals surface area contributed by atoms with Gasteiger partial charge in [0.25, 0.3) is 0 Å². The standard InChI is InChI=1S/C13H16N2O2/c1-10(16)14-8-13-15-12(9-17-13)7-11-5-3-2-4-6-11/h2-6,12H,7-9H2,1H3,(H,14,16)/t12-/m0/s1. The summed E-state index contributed by atoms with van der Waals surface area (Å²) in [4.78, 5) is 15.2. The first-order valence-electron chi connectivity index (χ1n) is 5.72. The van der Waals surface area contributed by atoms with Gasteiger partial charge in [-0.1, -0.05) is 30.3 Å². The molecule has 0 unspecified atom stereocenters. The smallest absolute Gasteiger partial charge is 0.217 e. The molecule has 4 nitrogen and oxygen atoms in total. The molecule has 0 aromatic heterocycles. The van der Waals surface area contributed by atoms with E-state index in [1.54, 1.807) is 0 Å². The first-order valence-corrected chi connectivity index (χ1v) is 5.72. The summed E-state index contributed by atoms with van der Waals surface area (Å²) < 4.78 is 5.42. The van der Waals surface area contributed by atoms with Crippen molar-refractivity contribution in [3.63, 3.8) is 0 Å². The quantitative estimate of drug-likeness (QED) is 0.847. The summed E-state index contributed by atoms with van der Waals surface area (Å²) in [5.74, 6) is 0.559. The maximum Gasteiger partial charge on any atom is 0.217 e. The van der Waals surface area contributed by atoms with Gasteiger partial charge >= 0.3 is 0 Å².